The first-order chi connectivity index (χ1) is 7.74. The molecular weight excluding hydrogens is 244 g/mol. The fourth-order valence-corrected chi connectivity index (χ4v) is 1.33. The third-order valence-electron chi connectivity index (χ3n) is 2.47. The Labute approximate surface area is 110 Å². The van der Waals surface area contributed by atoms with E-state index in [-0.39, 0.29) is 24.9 Å². The van der Waals surface area contributed by atoms with Crippen molar-refractivity contribution >= 4 is 18.3 Å². The van der Waals surface area contributed by atoms with Gasteiger partial charge in [0.25, 0.3) is 0 Å². The van der Waals surface area contributed by atoms with Gasteiger partial charge in [-0.15, -0.1) is 12.4 Å². The van der Waals surface area contributed by atoms with Gasteiger partial charge in [-0.3, -0.25) is 4.79 Å². The van der Waals surface area contributed by atoms with Crippen molar-refractivity contribution in [2.75, 3.05) is 40.0 Å². The van der Waals surface area contributed by atoms with Gasteiger partial charge >= 0.3 is 0 Å². The zero-order valence-electron chi connectivity index (χ0n) is 10.7. The van der Waals surface area contributed by atoms with Gasteiger partial charge in [0.2, 0.25) is 5.91 Å². The maximum atomic E-state index is 11.4. The van der Waals surface area contributed by atoms with Crippen molar-refractivity contribution in [1.82, 2.24) is 10.6 Å². The Balaban J connectivity index is 0. The highest BCUT2D eigenvalue weighted by Crippen LogP contribution is 2.05. The van der Waals surface area contributed by atoms with Crippen LogP contribution in [0.4, 0.5) is 0 Å². The summed E-state index contributed by atoms with van der Waals surface area (Å²) in [6, 6.07) is 0. The maximum absolute atomic E-state index is 11.4. The number of nitrogens with one attached hydrogen (secondary N) is 2. The van der Waals surface area contributed by atoms with Gasteiger partial charge in [-0.25, -0.2) is 0 Å². The molecule has 3 N–H and O–H groups in total. The Bertz CT molecular complexity index is 182. The molecule has 0 aromatic heterocycles. The third-order valence-corrected chi connectivity index (χ3v) is 2.47. The molecule has 0 saturated heterocycles. The molecule has 0 aliphatic heterocycles. The first-order valence-electron chi connectivity index (χ1n) is 5.81. The average molecular weight is 269 g/mol. The van der Waals surface area contributed by atoms with Crippen LogP contribution in [0.2, 0.25) is 0 Å². The van der Waals surface area contributed by atoms with E-state index in [4.69, 9.17) is 9.84 Å². The smallest absolute Gasteiger partial charge is 0.233 e. The molecule has 0 heterocycles. The van der Waals surface area contributed by atoms with E-state index in [1.807, 2.05) is 0 Å². The molecule has 104 valence electrons. The van der Waals surface area contributed by atoms with E-state index in [0.29, 0.717) is 32.2 Å². The summed E-state index contributed by atoms with van der Waals surface area (Å²) < 4.78 is 4.85. The zero-order chi connectivity index (χ0) is 12.2. The molecule has 0 aliphatic carbocycles. The summed E-state index contributed by atoms with van der Waals surface area (Å²) in [6.07, 6.45) is 1.71. The van der Waals surface area contributed by atoms with Gasteiger partial charge in [0.15, 0.2) is 0 Å². The highest BCUT2D eigenvalue weighted by atomic mass is 35.5. The van der Waals surface area contributed by atoms with Gasteiger partial charge in [-0.2, -0.15) is 0 Å². The number of halogens is 1. The van der Waals surface area contributed by atoms with Crippen LogP contribution < -0.4 is 10.6 Å². The van der Waals surface area contributed by atoms with Crippen molar-refractivity contribution < 1.29 is 14.6 Å². The number of amides is 1. The van der Waals surface area contributed by atoms with Crippen LogP contribution in [0.15, 0.2) is 0 Å². The summed E-state index contributed by atoms with van der Waals surface area (Å²) in [5.41, 5.74) is 0. The van der Waals surface area contributed by atoms with E-state index in [1.54, 1.807) is 7.11 Å². The van der Waals surface area contributed by atoms with Gasteiger partial charge in [0.1, 0.15) is 0 Å². The lowest BCUT2D eigenvalue weighted by atomic mass is 10.0. The van der Waals surface area contributed by atoms with Crippen LogP contribution >= 0.6 is 12.4 Å². The molecule has 1 atom stereocenters. The molecule has 5 nitrogen and oxygen atoms in total. The molecule has 0 bridgehead atoms. The largest absolute Gasteiger partial charge is 0.396 e. The number of methoxy groups -OCH3 is 1. The van der Waals surface area contributed by atoms with Gasteiger partial charge < -0.3 is 20.5 Å². The van der Waals surface area contributed by atoms with Crippen LogP contribution in [-0.2, 0) is 9.53 Å². The third kappa shape index (κ3) is 11.9. The molecule has 1 unspecified atom stereocenters. The summed E-state index contributed by atoms with van der Waals surface area (Å²) >= 11 is 0. The second-order valence-corrected chi connectivity index (χ2v) is 3.76. The molecule has 0 saturated carbocycles. The van der Waals surface area contributed by atoms with Gasteiger partial charge in [-0.1, -0.05) is 13.3 Å². The monoisotopic (exact) mass is 268 g/mol. The second-order valence-electron chi connectivity index (χ2n) is 3.76. The SMILES string of the molecule is CCC(CCO)CNC(=O)CNCCOC.Cl. The lowest BCUT2D eigenvalue weighted by Gasteiger charge is -2.14. The van der Waals surface area contributed by atoms with E-state index in [9.17, 15) is 4.79 Å². The van der Waals surface area contributed by atoms with Crippen LogP contribution in [0, 0.1) is 5.92 Å². The number of hydrogen-bond donors (Lipinski definition) is 3. The number of ether oxygens (including phenoxy) is 1. The van der Waals surface area contributed by atoms with Crippen LogP contribution in [0.1, 0.15) is 19.8 Å². The van der Waals surface area contributed by atoms with Crippen molar-refractivity contribution in [2.24, 2.45) is 5.92 Å². The van der Waals surface area contributed by atoms with Crippen molar-refractivity contribution in [2.45, 2.75) is 19.8 Å². The summed E-state index contributed by atoms with van der Waals surface area (Å²) in [4.78, 5) is 11.4. The zero-order valence-corrected chi connectivity index (χ0v) is 11.5. The number of rotatable bonds is 10. The minimum atomic E-state index is -0.00695. The average Bonchev–Trinajstić information content (AvgIpc) is 2.30. The normalized spacial score (nSPS) is 11.7. The number of carbonyl (C=O) groups is 1. The highest BCUT2D eigenvalue weighted by molar-refractivity contribution is 5.85. The standard InChI is InChI=1S/C11H24N2O3.ClH/c1-3-10(4-6-14)8-13-11(15)9-12-5-7-16-2;/h10,12,14H,3-9H2,1-2H3,(H,13,15);1H. The lowest BCUT2D eigenvalue weighted by molar-refractivity contribution is -0.120. The van der Waals surface area contributed by atoms with Crippen molar-refractivity contribution in [1.29, 1.82) is 0 Å². The van der Waals surface area contributed by atoms with Crippen LogP contribution in [0.3, 0.4) is 0 Å². The number of hydrogen-bond acceptors (Lipinski definition) is 4. The molecule has 0 aromatic rings. The summed E-state index contributed by atoms with van der Waals surface area (Å²) in [5, 5.41) is 14.6. The molecule has 0 fully saturated rings. The minimum Gasteiger partial charge on any atom is -0.396 e. The van der Waals surface area contributed by atoms with E-state index in [1.165, 1.54) is 0 Å². The molecular formula is C11H25ClN2O3. The first kappa shape index (κ1) is 19.0. The van der Waals surface area contributed by atoms with E-state index in [2.05, 4.69) is 17.6 Å². The van der Waals surface area contributed by atoms with Gasteiger partial charge in [0.05, 0.1) is 13.2 Å². The summed E-state index contributed by atoms with van der Waals surface area (Å²) in [7, 11) is 1.63. The highest BCUT2D eigenvalue weighted by Gasteiger charge is 2.07. The summed E-state index contributed by atoms with van der Waals surface area (Å²) in [5.74, 6) is 0.361. The Kier molecular flexibility index (Phi) is 15.3. The predicted octanol–water partition coefficient (Wildman–Crippen LogP) is 0.169. The molecule has 0 rings (SSSR count). The van der Waals surface area contributed by atoms with E-state index < -0.39 is 0 Å². The number of aliphatic hydroxyl groups excluding tert-OH is 1. The minimum absolute atomic E-state index is 0. The van der Waals surface area contributed by atoms with Gasteiger partial charge in [-0.05, 0) is 12.3 Å². The molecule has 0 aliphatic rings. The Morgan fingerprint density at radius 3 is 2.71 bits per heavy atom. The number of carbonyl (C=O) groups excluding carboxylic acids is 1. The van der Waals surface area contributed by atoms with Crippen molar-refractivity contribution in [3.63, 3.8) is 0 Å². The van der Waals surface area contributed by atoms with Crippen LogP contribution in [0.5, 0.6) is 0 Å². The molecule has 0 radical (unpaired) electrons. The quantitative estimate of drug-likeness (QED) is 0.494. The molecule has 0 spiro atoms. The Hall–Kier alpha value is -0.360. The van der Waals surface area contributed by atoms with E-state index in [0.717, 1.165) is 12.8 Å². The van der Waals surface area contributed by atoms with Crippen LogP contribution in [-0.4, -0.2) is 51.0 Å². The van der Waals surface area contributed by atoms with Crippen LogP contribution in [0.25, 0.3) is 0 Å². The van der Waals surface area contributed by atoms with Gasteiger partial charge in [0, 0.05) is 26.8 Å². The molecule has 6 heteroatoms. The fourth-order valence-electron chi connectivity index (χ4n) is 1.33. The topological polar surface area (TPSA) is 70.6 Å². The second kappa shape index (κ2) is 13.7. The summed E-state index contributed by atoms with van der Waals surface area (Å²) in [6.45, 7) is 4.48. The Morgan fingerprint density at radius 1 is 1.47 bits per heavy atom. The predicted molar refractivity (Wildman–Crippen MR) is 70.5 cm³/mol. The lowest BCUT2D eigenvalue weighted by Crippen LogP contribution is -2.37. The first-order valence-corrected chi connectivity index (χ1v) is 5.81. The maximum Gasteiger partial charge on any atom is 0.233 e. The Morgan fingerprint density at radius 2 is 2.18 bits per heavy atom. The van der Waals surface area contributed by atoms with E-state index >= 15 is 0 Å². The molecule has 1 amide bonds. The fraction of sp³-hybridized carbons (Fsp3) is 0.909. The molecule has 0 aromatic carbocycles. The number of aliphatic hydroxyl groups is 1. The molecule has 17 heavy (non-hydrogen) atoms. The van der Waals surface area contributed by atoms with Crippen molar-refractivity contribution in [3.8, 4) is 0 Å². The van der Waals surface area contributed by atoms with Crippen molar-refractivity contribution in [3.05, 3.63) is 0 Å².